The van der Waals surface area contributed by atoms with Crippen molar-refractivity contribution < 1.29 is 9.53 Å². The Hall–Kier alpha value is -1.63. The number of nitrogens with one attached hydrogen (secondary N) is 2. The Labute approximate surface area is 122 Å². The van der Waals surface area contributed by atoms with E-state index >= 15 is 0 Å². The Balaban J connectivity index is 1.71. The number of carbonyl (C=O) groups excluding carboxylic acids is 1. The Bertz CT molecular complexity index is 467. The third kappa shape index (κ3) is 5.16. The molecule has 1 aliphatic rings. The van der Waals surface area contributed by atoms with Crippen molar-refractivity contribution in [2.75, 3.05) is 18.5 Å². The zero-order valence-corrected chi connectivity index (χ0v) is 12.1. The molecule has 0 aliphatic heterocycles. The summed E-state index contributed by atoms with van der Waals surface area (Å²) in [7, 11) is 0. The van der Waals surface area contributed by atoms with E-state index in [9.17, 15) is 4.79 Å². The van der Waals surface area contributed by atoms with Crippen molar-refractivity contribution in [1.82, 2.24) is 20.3 Å². The summed E-state index contributed by atoms with van der Waals surface area (Å²) in [6, 6.07) is 0.605. The van der Waals surface area contributed by atoms with Crippen LogP contribution >= 0.6 is 11.6 Å². The summed E-state index contributed by atoms with van der Waals surface area (Å²) in [5, 5.41) is 6.02. The summed E-state index contributed by atoms with van der Waals surface area (Å²) < 4.78 is 5.17. The molecule has 1 fully saturated rings. The summed E-state index contributed by atoms with van der Waals surface area (Å²) in [6.07, 6.45) is 3.40. The first-order chi connectivity index (χ1) is 9.67. The summed E-state index contributed by atoms with van der Waals surface area (Å²) in [5.41, 5.74) is 0. The second kappa shape index (κ2) is 7.23. The van der Waals surface area contributed by atoms with E-state index < -0.39 is 0 Å². The normalized spacial score (nSPS) is 13.9. The van der Waals surface area contributed by atoms with Gasteiger partial charge >= 0.3 is 6.01 Å². The average Bonchev–Trinajstić information content (AvgIpc) is 3.18. The summed E-state index contributed by atoms with van der Waals surface area (Å²) in [5.74, 6) is 0.453. The molecule has 2 N–H and O–H groups in total. The number of anilines is 1. The Morgan fingerprint density at radius 3 is 2.90 bits per heavy atom. The molecule has 8 heteroatoms. The quantitative estimate of drug-likeness (QED) is 0.705. The number of halogens is 1. The van der Waals surface area contributed by atoms with Gasteiger partial charge in [-0.05, 0) is 37.8 Å². The van der Waals surface area contributed by atoms with Crippen molar-refractivity contribution in [1.29, 1.82) is 0 Å². The van der Waals surface area contributed by atoms with Gasteiger partial charge in [0.25, 0.3) is 0 Å². The molecule has 0 radical (unpaired) electrons. The minimum atomic E-state index is 0.0810. The van der Waals surface area contributed by atoms with Crippen molar-refractivity contribution in [3.63, 3.8) is 0 Å². The maximum Gasteiger partial charge on any atom is 0.322 e. The van der Waals surface area contributed by atoms with Crippen LogP contribution in [0.25, 0.3) is 0 Å². The molecule has 0 bridgehead atoms. The maximum atomic E-state index is 11.5. The third-order valence-electron chi connectivity index (χ3n) is 2.67. The molecule has 2 rings (SSSR count). The SMILES string of the molecule is CCOc1nc(Cl)nc(NCCCC(=O)NC2CC2)n1. The molecule has 1 aromatic rings. The molecule has 1 saturated carbocycles. The average molecular weight is 300 g/mol. The van der Waals surface area contributed by atoms with Gasteiger partial charge < -0.3 is 15.4 Å². The highest BCUT2D eigenvalue weighted by atomic mass is 35.5. The van der Waals surface area contributed by atoms with Crippen LogP contribution in [-0.4, -0.2) is 40.1 Å². The van der Waals surface area contributed by atoms with Gasteiger partial charge in [0.05, 0.1) is 6.61 Å². The predicted molar refractivity (Wildman–Crippen MR) is 74.9 cm³/mol. The molecule has 0 aromatic carbocycles. The number of rotatable bonds is 8. The van der Waals surface area contributed by atoms with Crippen LogP contribution < -0.4 is 15.4 Å². The summed E-state index contributed by atoms with van der Waals surface area (Å²) in [4.78, 5) is 23.3. The van der Waals surface area contributed by atoms with Crippen molar-refractivity contribution >= 4 is 23.5 Å². The topological polar surface area (TPSA) is 89.0 Å². The van der Waals surface area contributed by atoms with Crippen LogP contribution in [0.2, 0.25) is 5.28 Å². The second-order valence-corrected chi connectivity index (χ2v) is 4.85. The lowest BCUT2D eigenvalue weighted by atomic mass is 10.3. The molecule has 1 heterocycles. The van der Waals surface area contributed by atoms with Gasteiger partial charge in [-0.1, -0.05) is 0 Å². The lowest BCUT2D eigenvalue weighted by molar-refractivity contribution is -0.121. The third-order valence-corrected chi connectivity index (χ3v) is 2.84. The number of hydrogen-bond acceptors (Lipinski definition) is 6. The van der Waals surface area contributed by atoms with Crippen molar-refractivity contribution in [2.24, 2.45) is 0 Å². The van der Waals surface area contributed by atoms with Crippen molar-refractivity contribution in [3.8, 4) is 6.01 Å². The molecular formula is C12H18ClN5O2. The van der Waals surface area contributed by atoms with E-state index in [0.29, 0.717) is 38.0 Å². The van der Waals surface area contributed by atoms with Gasteiger partial charge in [0.1, 0.15) is 0 Å². The number of amides is 1. The fourth-order valence-corrected chi connectivity index (χ4v) is 1.73. The highest BCUT2D eigenvalue weighted by Crippen LogP contribution is 2.18. The molecule has 0 spiro atoms. The number of carbonyl (C=O) groups is 1. The van der Waals surface area contributed by atoms with Crippen LogP contribution in [0.5, 0.6) is 6.01 Å². The van der Waals surface area contributed by atoms with E-state index in [2.05, 4.69) is 25.6 Å². The first kappa shape index (κ1) is 14.8. The minimum Gasteiger partial charge on any atom is -0.464 e. The lowest BCUT2D eigenvalue weighted by Gasteiger charge is -2.07. The van der Waals surface area contributed by atoms with Crippen LogP contribution in [0.1, 0.15) is 32.6 Å². The van der Waals surface area contributed by atoms with Gasteiger partial charge in [-0.25, -0.2) is 0 Å². The van der Waals surface area contributed by atoms with Gasteiger partial charge in [-0.15, -0.1) is 0 Å². The first-order valence-electron chi connectivity index (χ1n) is 6.75. The highest BCUT2D eigenvalue weighted by Gasteiger charge is 2.22. The molecule has 0 atom stereocenters. The van der Waals surface area contributed by atoms with Crippen molar-refractivity contribution in [3.05, 3.63) is 5.28 Å². The van der Waals surface area contributed by atoms with Gasteiger partial charge in [-0.3, -0.25) is 4.79 Å². The first-order valence-corrected chi connectivity index (χ1v) is 7.12. The largest absolute Gasteiger partial charge is 0.464 e. The fraction of sp³-hybridized carbons (Fsp3) is 0.667. The Morgan fingerprint density at radius 2 is 2.20 bits per heavy atom. The summed E-state index contributed by atoms with van der Waals surface area (Å²) >= 11 is 5.77. The monoisotopic (exact) mass is 299 g/mol. The zero-order chi connectivity index (χ0) is 14.4. The van der Waals surface area contributed by atoms with E-state index in [1.165, 1.54) is 0 Å². The van der Waals surface area contributed by atoms with Crippen LogP contribution in [0.4, 0.5) is 5.95 Å². The molecule has 0 unspecified atom stereocenters. The molecule has 20 heavy (non-hydrogen) atoms. The molecule has 110 valence electrons. The van der Waals surface area contributed by atoms with Crippen LogP contribution in [0.3, 0.4) is 0 Å². The highest BCUT2D eigenvalue weighted by molar-refractivity contribution is 6.28. The lowest BCUT2D eigenvalue weighted by Crippen LogP contribution is -2.25. The number of hydrogen-bond donors (Lipinski definition) is 2. The van der Waals surface area contributed by atoms with Crippen molar-refractivity contribution in [2.45, 2.75) is 38.6 Å². The predicted octanol–water partition coefficient (Wildman–Crippen LogP) is 1.39. The van der Waals surface area contributed by atoms with E-state index in [4.69, 9.17) is 16.3 Å². The minimum absolute atomic E-state index is 0.0810. The van der Waals surface area contributed by atoms with E-state index in [1.54, 1.807) is 0 Å². The van der Waals surface area contributed by atoms with Crippen LogP contribution in [-0.2, 0) is 4.79 Å². The smallest absolute Gasteiger partial charge is 0.322 e. The fourth-order valence-electron chi connectivity index (χ4n) is 1.58. The van der Waals surface area contributed by atoms with Gasteiger partial charge in [-0.2, -0.15) is 15.0 Å². The van der Waals surface area contributed by atoms with E-state index in [1.807, 2.05) is 6.92 Å². The van der Waals surface area contributed by atoms with E-state index in [-0.39, 0.29) is 17.2 Å². The molecule has 1 aromatic heterocycles. The molecule has 7 nitrogen and oxygen atoms in total. The standard InChI is InChI=1S/C12H18ClN5O2/c1-2-20-12-17-10(13)16-11(18-12)14-7-3-4-9(19)15-8-5-6-8/h8H,2-7H2,1H3,(H,15,19)(H,14,16,17,18). The van der Waals surface area contributed by atoms with Crippen LogP contribution in [0.15, 0.2) is 0 Å². The van der Waals surface area contributed by atoms with Gasteiger partial charge in [0, 0.05) is 19.0 Å². The maximum absolute atomic E-state index is 11.5. The van der Waals surface area contributed by atoms with Crippen LogP contribution in [0, 0.1) is 0 Å². The molecule has 0 saturated heterocycles. The van der Waals surface area contributed by atoms with E-state index in [0.717, 1.165) is 12.8 Å². The zero-order valence-electron chi connectivity index (χ0n) is 11.4. The van der Waals surface area contributed by atoms with Gasteiger partial charge in [0.2, 0.25) is 17.1 Å². The molecule has 1 aliphatic carbocycles. The second-order valence-electron chi connectivity index (χ2n) is 4.52. The number of ether oxygens (including phenoxy) is 1. The number of nitrogens with zero attached hydrogens (tertiary/aromatic N) is 3. The number of aromatic nitrogens is 3. The Morgan fingerprint density at radius 1 is 1.40 bits per heavy atom. The van der Waals surface area contributed by atoms with Gasteiger partial charge in [0.15, 0.2) is 0 Å². The summed E-state index contributed by atoms with van der Waals surface area (Å²) in [6.45, 7) is 2.88. The molecular weight excluding hydrogens is 282 g/mol. The Kier molecular flexibility index (Phi) is 5.34. The molecule has 1 amide bonds.